The summed E-state index contributed by atoms with van der Waals surface area (Å²) in [6.45, 7) is 0. The molecule has 250 valence electrons. The lowest BCUT2D eigenvalue weighted by atomic mass is 9.92. The zero-order valence-corrected chi connectivity index (χ0v) is 29.1. The molecule has 3 aromatic heterocycles. The fourth-order valence-electron chi connectivity index (χ4n) is 9.01. The smallest absolute Gasteiger partial charge is 0.235 e. The maximum Gasteiger partial charge on any atom is 0.235 e. The second-order valence-corrected chi connectivity index (χ2v) is 14.1. The summed E-state index contributed by atoms with van der Waals surface area (Å²) >= 11 is 0. The minimum Gasteiger partial charge on any atom is -0.309 e. The molecule has 0 aliphatic heterocycles. The quantitative estimate of drug-likeness (QED) is 0.185. The summed E-state index contributed by atoms with van der Waals surface area (Å²) in [6.07, 6.45) is 0. The van der Waals surface area contributed by atoms with Gasteiger partial charge in [0, 0.05) is 38.2 Å². The number of fused-ring (bicyclic) bond motifs is 4. The predicted octanol–water partition coefficient (Wildman–Crippen LogP) is 12.9. The molecule has 12 aromatic rings. The Hall–Kier alpha value is -7.30. The van der Waals surface area contributed by atoms with E-state index in [2.05, 4.69) is 191 Å². The van der Waals surface area contributed by atoms with Crippen molar-refractivity contribution >= 4 is 76.1 Å². The van der Waals surface area contributed by atoms with Gasteiger partial charge < -0.3 is 4.57 Å². The van der Waals surface area contributed by atoms with Gasteiger partial charge in [-0.25, -0.2) is 9.97 Å². The zero-order valence-electron chi connectivity index (χ0n) is 29.1. The molecule has 0 amide bonds. The highest BCUT2D eigenvalue weighted by Gasteiger charge is 2.26. The van der Waals surface area contributed by atoms with Crippen LogP contribution in [0.1, 0.15) is 0 Å². The molecule has 0 saturated carbocycles. The Kier molecular flexibility index (Phi) is 6.02. The first-order chi connectivity index (χ1) is 26.8. The van der Waals surface area contributed by atoms with Crippen LogP contribution in [0.5, 0.6) is 0 Å². The van der Waals surface area contributed by atoms with Crippen LogP contribution < -0.4 is 0 Å². The van der Waals surface area contributed by atoms with Gasteiger partial charge in [-0.1, -0.05) is 133 Å². The van der Waals surface area contributed by atoms with Crippen molar-refractivity contribution in [2.75, 3.05) is 0 Å². The van der Waals surface area contributed by atoms with Crippen LogP contribution in [-0.2, 0) is 0 Å². The van der Waals surface area contributed by atoms with E-state index in [1.54, 1.807) is 0 Å². The summed E-state index contributed by atoms with van der Waals surface area (Å²) in [5.74, 6) is 0.655. The molecule has 0 unspecified atom stereocenters. The van der Waals surface area contributed by atoms with Crippen molar-refractivity contribution in [3.05, 3.63) is 182 Å². The number of hydrogen-bond acceptors (Lipinski definition) is 2. The maximum absolute atomic E-state index is 5.47. The van der Waals surface area contributed by atoms with Gasteiger partial charge in [0.25, 0.3) is 0 Å². The molecule has 0 aliphatic carbocycles. The standard InChI is InChI=1S/C50H30N4/c1-4-15-31(16-5-1)33-29-39-36-22-11-10-21-35(36)37-24-14-26-41-45(37)47-42(53(41)34-19-8-3-9-20-34)27-28-43-48(47)46(39)44(30-33)54(43)50-51-40-25-13-12-23-38(40)49(52-50)32-17-6-2-7-18-32/h1-30H. The van der Waals surface area contributed by atoms with Gasteiger partial charge in [0.1, 0.15) is 0 Å². The Morgan fingerprint density at radius 2 is 0.870 bits per heavy atom. The molecule has 0 radical (unpaired) electrons. The highest BCUT2D eigenvalue weighted by Crippen LogP contribution is 2.48. The van der Waals surface area contributed by atoms with Crippen molar-refractivity contribution < 1.29 is 0 Å². The van der Waals surface area contributed by atoms with Crippen molar-refractivity contribution in [3.63, 3.8) is 0 Å². The molecule has 0 bridgehead atoms. The topological polar surface area (TPSA) is 35.6 Å². The molecule has 54 heavy (non-hydrogen) atoms. The normalized spacial score (nSPS) is 12.1. The summed E-state index contributed by atoms with van der Waals surface area (Å²) in [4.78, 5) is 10.8. The van der Waals surface area contributed by atoms with Crippen molar-refractivity contribution in [2.45, 2.75) is 0 Å². The van der Waals surface area contributed by atoms with Crippen molar-refractivity contribution in [1.82, 2.24) is 19.1 Å². The predicted molar refractivity (Wildman–Crippen MR) is 225 cm³/mol. The van der Waals surface area contributed by atoms with Crippen LogP contribution in [-0.4, -0.2) is 19.1 Å². The van der Waals surface area contributed by atoms with Crippen LogP contribution >= 0.6 is 0 Å². The Bertz CT molecular complexity index is 3410. The van der Waals surface area contributed by atoms with Crippen molar-refractivity contribution in [3.8, 4) is 34.0 Å². The molecule has 12 rings (SSSR count). The molecule has 0 spiro atoms. The van der Waals surface area contributed by atoms with Gasteiger partial charge in [-0.3, -0.25) is 4.57 Å². The lowest BCUT2D eigenvalue weighted by molar-refractivity contribution is 1.01. The molecule has 3 heterocycles. The van der Waals surface area contributed by atoms with Gasteiger partial charge in [-0.15, -0.1) is 0 Å². The van der Waals surface area contributed by atoms with Gasteiger partial charge in [-0.05, 0) is 81.2 Å². The van der Waals surface area contributed by atoms with Crippen LogP contribution in [0.25, 0.3) is 110 Å². The molecular formula is C50H30N4. The summed E-state index contributed by atoms with van der Waals surface area (Å²) in [6, 6.07) is 65.4. The molecule has 0 saturated heterocycles. The van der Waals surface area contributed by atoms with Crippen LogP contribution in [0.4, 0.5) is 0 Å². The van der Waals surface area contributed by atoms with Gasteiger partial charge >= 0.3 is 0 Å². The van der Waals surface area contributed by atoms with E-state index < -0.39 is 0 Å². The first kappa shape index (κ1) is 29.3. The van der Waals surface area contributed by atoms with E-state index in [0.717, 1.165) is 44.4 Å². The second kappa shape index (κ2) is 11.1. The lowest BCUT2D eigenvalue weighted by Crippen LogP contribution is -2.03. The summed E-state index contributed by atoms with van der Waals surface area (Å²) in [7, 11) is 0. The van der Waals surface area contributed by atoms with E-state index in [-0.39, 0.29) is 0 Å². The molecule has 0 aliphatic rings. The molecule has 4 nitrogen and oxygen atoms in total. The largest absolute Gasteiger partial charge is 0.309 e. The van der Waals surface area contributed by atoms with Crippen LogP contribution in [0.15, 0.2) is 182 Å². The van der Waals surface area contributed by atoms with Crippen molar-refractivity contribution in [1.29, 1.82) is 0 Å². The molecule has 0 fully saturated rings. The third-order valence-corrected chi connectivity index (χ3v) is 11.3. The molecular weight excluding hydrogens is 657 g/mol. The van der Waals surface area contributed by atoms with Gasteiger partial charge in [0.05, 0.1) is 33.3 Å². The number of hydrogen-bond donors (Lipinski definition) is 0. The van der Waals surface area contributed by atoms with Crippen LogP contribution in [0.2, 0.25) is 0 Å². The van der Waals surface area contributed by atoms with E-state index in [9.17, 15) is 0 Å². The Balaban J connectivity index is 1.36. The zero-order chi connectivity index (χ0) is 35.3. The minimum absolute atomic E-state index is 0.655. The van der Waals surface area contributed by atoms with Crippen LogP contribution in [0, 0.1) is 0 Å². The van der Waals surface area contributed by atoms with Gasteiger partial charge in [0.15, 0.2) is 0 Å². The van der Waals surface area contributed by atoms with Crippen LogP contribution in [0.3, 0.4) is 0 Å². The highest BCUT2D eigenvalue weighted by atomic mass is 15.2. The number of aromatic nitrogens is 4. The first-order valence-corrected chi connectivity index (χ1v) is 18.4. The Morgan fingerprint density at radius 3 is 1.61 bits per heavy atom. The summed E-state index contributed by atoms with van der Waals surface area (Å²) < 4.78 is 4.75. The number of rotatable bonds is 4. The molecule has 0 N–H and O–H groups in total. The van der Waals surface area contributed by atoms with E-state index in [0.29, 0.717) is 5.95 Å². The average Bonchev–Trinajstić information content (AvgIpc) is 3.76. The van der Waals surface area contributed by atoms with Crippen molar-refractivity contribution in [2.24, 2.45) is 0 Å². The monoisotopic (exact) mass is 686 g/mol. The van der Waals surface area contributed by atoms with E-state index >= 15 is 0 Å². The van der Waals surface area contributed by atoms with E-state index in [1.165, 1.54) is 59.7 Å². The SMILES string of the molecule is c1ccc(-c2cc3c4ccccc4c4cccc5c4c4c6c3c(c2)n(-c2nc(-c3ccccc3)c3ccccc3n2)c6ccc4n5-c2ccccc2)cc1. The number of para-hydroxylation sites is 2. The van der Waals surface area contributed by atoms with Gasteiger partial charge in [-0.2, -0.15) is 0 Å². The fraction of sp³-hybridized carbons (Fsp3) is 0. The molecule has 0 atom stereocenters. The van der Waals surface area contributed by atoms with E-state index in [4.69, 9.17) is 9.97 Å². The third kappa shape index (κ3) is 4.02. The van der Waals surface area contributed by atoms with E-state index in [1.807, 2.05) is 0 Å². The Labute approximate surface area is 310 Å². The third-order valence-electron chi connectivity index (χ3n) is 11.3. The lowest BCUT2D eigenvalue weighted by Gasteiger charge is -2.13. The molecule has 4 heteroatoms. The van der Waals surface area contributed by atoms with Gasteiger partial charge in [0.2, 0.25) is 5.95 Å². The first-order valence-electron chi connectivity index (χ1n) is 18.4. The average molecular weight is 687 g/mol. The fourth-order valence-corrected chi connectivity index (χ4v) is 9.01. The maximum atomic E-state index is 5.47. The number of benzene rings is 8. The summed E-state index contributed by atoms with van der Waals surface area (Å²) in [5, 5.41) is 10.9. The summed E-state index contributed by atoms with van der Waals surface area (Å²) in [5.41, 5.74) is 10.9. The Morgan fingerprint density at radius 1 is 0.315 bits per heavy atom. The molecule has 9 aromatic carbocycles. The minimum atomic E-state index is 0.655. The number of nitrogens with zero attached hydrogens (tertiary/aromatic N) is 4. The highest BCUT2D eigenvalue weighted by molar-refractivity contribution is 6.39. The second-order valence-electron chi connectivity index (χ2n) is 14.1.